The molecule has 0 aromatic carbocycles. The Hall–Kier alpha value is -0.650. The van der Waals surface area contributed by atoms with Crippen molar-refractivity contribution in [3.05, 3.63) is 0 Å². The number of carbonyl (C=O) groups is 1. The quantitative estimate of drug-likeness (QED) is 0.528. The molecule has 20 heavy (non-hydrogen) atoms. The molecule has 0 spiro atoms. The van der Waals surface area contributed by atoms with E-state index in [1.807, 2.05) is 13.8 Å². The zero-order chi connectivity index (χ0) is 14.8. The van der Waals surface area contributed by atoms with Gasteiger partial charge in [0.25, 0.3) is 0 Å². The van der Waals surface area contributed by atoms with Crippen LogP contribution in [0.3, 0.4) is 0 Å². The van der Waals surface area contributed by atoms with Crippen molar-refractivity contribution in [2.24, 2.45) is 0 Å². The molecule has 1 saturated carbocycles. The average molecular weight is 286 g/mol. The Morgan fingerprint density at radius 2 is 2.10 bits per heavy atom. The average Bonchev–Trinajstić information content (AvgIpc) is 2.94. The van der Waals surface area contributed by atoms with Gasteiger partial charge in [-0.1, -0.05) is 19.8 Å². The topological polar surface area (TPSA) is 70.6 Å². The predicted molar refractivity (Wildman–Crippen MR) is 79.6 cm³/mol. The summed E-state index contributed by atoms with van der Waals surface area (Å²) < 4.78 is 5.64. The molecule has 1 rings (SSSR count). The number of hydrogen-bond donors (Lipinski definition) is 3. The fourth-order valence-electron chi connectivity index (χ4n) is 2.28. The van der Waals surface area contributed by atoms with E-state index >= 15 is 0 Å². The summed E-state index contributed by atoms with van der Waals surface area (Å²) in [5.41, 5.74) is 0. The van der Waals surface area contributed by atoms with Gasteiger partial charge >= 0.3 is 0 Å². The van der Waals surface area contributed by atoms with Crippen LogP contribution < -0.4 is 10.6 Å². The van der Waals surface area contributed by atoms with Crippen molar-refractivity contribution in [3.63, 3.8) is 0 Å². The first-order valence-corrected chi connectivity index (χ1v) is 7.91. The first kappa shape index (κ1) is 17.4. The molecule has 0 saturated heterocycles. The third-order valence-electron chi connectivity index (χ3n) is 3.76. The van der Waals surface area contributed by atoms with Crippen molar-refractivity contribution in [1.82, 2.24) is 10.6 Å². The van der Waals surface area contributed by atoms with Gasteiger partial charge in [-0.3, -0.25) is 4.79 Å². The Labute approximate surface area is 122 Å². The molecule has 0 aliphatic heterocycles. The Kier molecular flexibility index (Phi) is 8.82. The van der Waals surface area contributed by atoms with E-state index in [-0.39, 0.29) is 11.9 Å². The smallest absolute Gasteiger partial charge is 0.221 e. The highest BCUT2D eigenvalue weighted by atomic mass is 16.5. The number of nitrogens with one attached hydrogen (secondary N) is 2. The largest absolute Gasteiger partial charge is 0.389 e. The van der Waals surface area contributed by atoms with Gasteiger partial charge in [0.15, 0.2) is 0 Å². The predicted octanol–water partition coefficient (Wildman–Crippen LogP) is 1.20. The van der Waals surface area contributed by atoms with Gasteiger partial charge < -0.3 is 20.5 Å². The summed E-state index contributed by atoms with van der Waals surface area (Å²) in [6, 6.07) is 0.230. The van der Waals surface area contributed by atoms with E-state index in [1.54, 1.807) is 0 Å². The highest BCUT2D eigenvalue weighted by Crippen LogP contribution is 2.20. The number of amides is 1. The molecule has 1 aliphatic rings. The monoisotopic (exact) mass is 286 g/mol. The van der Waals surface area contributed by atoms with Gasteiger partial charge in [0.2, 0.25) is 5.91 Å². The third-order valence-corrected chi connectivity index (χ3v) is 3.76. The number of ether oxygens (including phenoxy) is 1. The molecule has 0 bridgehead atoms. The van der Waals surface area contributed by atoms with Crippen LogP contribution in [0.15, 0.2) is 0 Å². The first-order chi connectivity index (χ1) is 9.61. The van der Waals surface area contributed by atoms with Crippen LogP contribution in [-0.2, 0) is 9.53 Å². The van der Waals surface area contributed by atoms with Crippen LogP contribution in [0.4, 0.5) is 0 Å². The molecule has 0 aromatic heterocycles. The number of rotatable bonds is 10. The van der Waals surface area contributed by atoms with E-state index in [1.165, 1.54) is 12.8 Å². The van der Waals surface area contributed by atoms with Gasteiger partial charge in [-0.2, -0.15) is 0 Å². The maximum absolute atomic E-state index is 11.5. The van der Waals surface area contributed by atoms with E-state index in [2.05, 4.69) is 10.6 Å². The van der Waals surface area contributed by atoms with E-state index in [9.17, 15) is 9.90 Å². The molecule has 3 N–H and O–H groups in total. The Morgan fingerprint density at radius 3 is 2.75 bits per heavy atom. The van der Waals surface area contributed by atoms with Gasteiger partial charge in [-0.05, 0) is 26.2 Å². The van der Waals surface area contributed by atoms with E-state index in [0.717, 1.165) is 19.3 Å². The molecule has 0 radical (unpaired) electrons. The standard InChI is InChI=1S/C15H30N2O3/c1-3-12(2)17-15(19)8-9-16-10-13(18)11-20-14-6-4-5-7-14/h12-14,16,18H,3-11H2,1-2H3,(H,17,19). The fraction of sp³-hybridized carbons (Fsp3) is 0.933. The molecule has 0 heterocycles. The molecule has 1 aliphatic carbocycles. The molecule has 5 heteroatoms. The van der Waals surface area contributed by atoms with Crippen LogP contribution in [0.2, 0.25) is 0 Å². The molecule has 1 fully saturated rings. The Bertz CT molecular complexity index is 268. The van der Waals surface area contributed by atoms with Crippen LogP contribution in [0.5, 0.6) is 0 Å². The van der Waals surface area contributed by atoms with E-state index in [4.69, 9.17) is 4.74 Å². The van der Waals surface area contributed by atoms with Crippen LogP contribution in [0, 0.1) is 0 Å². The molecule has 2 atom stereocenters. The maximum Gasteiger partial charge on any atom is 0.221 e. The summed E-state index contributed by atoms with van der Waals surface area (Å²) in [5.74, 6) is 0.0588. The second-order valence-corrected chi connectivity index (χ2v) is 5.72. The summed E-state index contributed by atoms with van der Waals surface area (Å²) >= 11 is 0. The molecule has 2 unspecified atom stereocenters. The minimum Gasteiger partial charge on any atom is -0.389 e. The number of aliphatic hydroxyl groups is 1. The van der Waals surface area contributed by atoms with Crippen LogP contribution in [-0.4, -0.2) is 49.0 Å². The second-order valence-electron chi connectivity index (χ2n) is 5.72. The lowest BCUT2D eigenvalue weighted by atomic mass is 10.2. The number of carbonyl (C=O) groups excluding carboxylic acids is 1. The molecule has 5 nitrogen and oxygen atoms in total. The minimum absolute atomic E-state index is 0.0588. The van der Waals surface area contributed by atoms with Crippen molar-refractivity contribution >= 4 is 5.91 Å². The summed E-state index contributed by atoms with van der Waals surface area (Å²) in [5, 5.41) is 15.8. The van der Waals surface area contributed by atoms with E-state index < -0.39 is 6.10 Å². The lowest BCUT2D eigenvalue weighted by Gasteiger charge is -2.16. The third kappa shape index (κ3) is 7.82. The fourth-order valence-corrected chi connectivity index (χ4v) is 2.28. The van der Waals surface area contributed by atoms with Crippen molar-refractivity contribution in [1.29, 1.82) is 0 Å². The number of hydrogen-bond acceptors (Lipinski definition) is 4. The van der Waals surface area contributed by atoms with Gasteiger partial charge in [0.1, 0.15) is 0 Å². The van der Waals surface area contributed by atoms with Crippen molar-refractivity contribution in [2.75, 3.05) is 19.7 Å². The SMILES string of the molecule is CCC(C)NC(=O)CCNCC(O)COC1CCCC1. The summed E-state index contributed by atoms with van der Waals surface area (Å²) in [7, 11) is 0. The zero-order valence-corrected chi connectivity index (χ0v) is 12.9. The minimum atomic E-state index is -0.492. The maximum atomic E-state index is 11.5. The highest BCUT2D eigenvalue weighted by molar-refractivity contribution is 5.76. The Morgan fingerprint density at radius 1 is 1.40 bits per heavy atom. The van der Waals surface area contributed by atoms with E-state index in [0.29, 0.717) is 32.2 Å². The summed E-state index contributed by atoms with van der Waals surface area (Å²) in [4.78, 5) is 11.5. The van der Waals surface area contributed by atoms with Gasteiger partial charge in [-0.25, -0.2) is 0 Å². The lowest BCUT2D eigenvalue weighted by molar-refractivity contribution is -0.121. The van der Waals surface area contributed by atoms with Crippen LogP contribution in [0.1, 0.15) is 52.4 Å². The van der Waals surface area contributed by atoms with Gasteiger partial charge in [0, 0.05) is 25.6 Å². The number of aliphatic hydroxyl groups excluding tert-OH is 1. The molecule has 118 valence electrons. The zero-order valence-electron chi connectivity index (χ0n) is 12.9. The van der Waals surface area contributed by atoms with Gasteiger partial charge in [0.05, 0.1) is 18.8 Å². The summed E-state index contributed by atoms with van der Waals surface area (Å²) in [6.45, 7) is 5.49. The van der Waals surface area contributed by atoms with Crippen molar-refractivity contribution < 1.29 is 14.6 Å². The lowest BCUT2D eigenvalue weighted by Crippen LogP contribution is -2.36. The van der Waals surface area contributed by atoms with Crippen LogP contribution in [0.25, 0.3) is 0 Å². The molecular weight excluding hydrogens is 256 g/mol. The normalized spacial score (nSPS) is 18.9. The molecular formula is C15H30N2O3. The highest BCUT2D eigenvalue weighted by Gasteiger charge is 2.16. The molecule has 0 aromatic rings. The first-order valence-electron chi connectivity index (χ1n) is 7.91. The Balaban J connectivity index is 1.95. The second kappa shape index (κ2) is 10.1. The van der Waals surface area contributed by atoms with Crippen molar-refractivity contribution in [3.8, 4) is 0 Å². The van der Waals surface area contributed by atoms with Gasteiger partial charge in [-0.15, -0.1) is 0 Å². The van der Waals surface area contributed by atoms with Crippen LogP contribution >= 0.6 is 0 Å². The van der Waals surface area contributed by atoms with Crippen molar-refractivity contribution in [2.45, 2.75) is 70.6 Å². The summed E-state index contributed by atoms with van der Waals surface area (Å²) in [6.07, 6.45) is 5.96. The molecule has 1 amide bonds.